The maximum absolute atomic E-state index is 13.5. The van der Waals surface area contributed by atoms with Gasteiger partial charge in [-0.15, -0.1) is 23.1 Å². The molecule has 0 bridgehead atoms. The highest BCUT2D eigenvalue weighted by atomic mass is 32.2. The van der Waals surface area contributed by atoms with Crippen LogP contribution in [0.2, 0.25) is 0 Å². The summed E-state index contributed by atoms with van der Waals surface area (Å²) in [5.41, 5.74) is 3.73. The number of anilines is 3. The largest absolute Gasteiger partial charge is 0.378 e. The lowest BCUT2D eigenvalue weighted by Gasteiger charge is -2.14. The van der Waals surface area contributed by atoms with E-state index < -0.39 is 16.7 Å². The second-order valence-electron chi connectivity index (χ2n) is 10.5. The number of carbonyl (C=O) groups excluding carboxylic acids is 3. The lowest BCUT2D eigenvalue weighted by Crippen LogP contribution is -2.30. The number of nitrogens with one attached hydrogen (secondary N) is 3. The van der Waals surface area contributed by atoms with Crippen molar-refractivity contribution in [2.75, 3.05) is 35.4 Å². The number of aromatic nitrogens is 1. The third-order valence-electron chi connectivity index (χ3n) is 6.81. The van der Waals surface area contributed by atoms with Gasteiger partial charge < -0.3 is 20.9 Å². The summed E-state index contributed by atoms with van der Waals surface area (Å²) in [4.78, 5) is 56.9. The molecule has 0 saturated heterocycles. The Morgan fingerprint density at radius 2 is 1.67 bits per heavy atom. The molecule has 0 atom stereocenters. The minimum Gasteiger partial charge on any atom is -0.378 e. The van der Waals surface area contributed by atoms with E-state index in [1.807, 2.05) is 49.3 Å². The highest BCUT2D eigenvalue weighted by Gasteiger charge is 2.16. The van der Waals surface area contributed by atoms with Crippen molar-refractivity contribution in [1.82, 2.24) is 10.3 Å². The Hall–Kier alpha value is -5.79. The maximum atomic E-state index is 13.5. The van der Waals surface area contributed by atoms with Gasteiger partial charge in [0.1, 0.15) is 5.70 Å². The number of nitro groups is 1. The second kappa shape index (κ2) is 15.7. The monoisotopic (exact) mass is 678 g/mol. The van der Waals surface area contributed by atoms with Crippen LogP contribution in [0.1, 0.15) is 15.9 Å². The molecule has 0 spiro atoms. The highest BCUT2D eigenvalue weighted by molar-refractivity contribution is 8.00. The number of hydrogen-bond donors (Lipinski definition) is 3. The zero-order valence-electron chi connectivity index (χ0n) is 25.9. The molecular weight excluding hydrogens is 649 g/mol. The number of amides is 3. The number of thiazole rings is 1. The molecule has 5 rings (SSSR count). The highest BCUT2D eigenvalue weighted by Crippen LogP contribution is 2.28. The van der Waals surface area contributed by atoms with Crippen LogP contribution < -0.4 is 20.9 Å². The quantitative estimate of drug-likeness (QED) is 0.0558. The molecule has 0 unspecified atom stereocenters. The van der Waals surface area contributed by atoms with E-state index in [1.54, 1.807) is 72.1 Å². The lowest BCUT2D eigenvalue weighted by atomic mass is 10.1. The van der Waals surface area contributed by atoms with Crippen molar-refractivity contribution in [1.29, 1.82) is 0 Å². The third-order valence-corrected chi connectivity index (χ3v) is 8.57. The van der Waals surface area contributed by atoms with Crippen LogP contribution in [0.25, 0.3) is 17.3 Å². The van der Waals surface area contributed by atoms with E-state index in [-0.39, 0.29) is 23.0 Å². The van der Waals surface area contributed by atoms with Crippen molar-refractivity contribution in [3.05, 3.63) is 135 Å². The van der Waals surface area contributed by atoms with Crippen LogP contribution in [0, 0.1) is 10.1 Å². The molecule has 11 nitrogen and oxygen atoms in total. The first-order chi connectivity index (χ1) is 23.1. The standard InChI is InChI=1S/C35H30N6O5S2/c1-40(2)27-16-14-23(15-17-27)18-30(37-33(43)24-8-4-3-5-9-24)34(44)36-26-11-7-13-29(20-26)47-22-32(42)39-35-38-31(21-48-35)25-10-6-12-28(19-25)41(45)46/h3-21H,22H2,1-2H3,(H,36,44)(H,37,43)(H,38,39,42)/b30-18+. The number of thioether (sulfide) groups is 1. The second-order valence-corrected chi connectivity index (χ2v) is 12.4. The Morgan fingerprint density at radius 1 is 0.917 bits per heavy atom. The van der Waals surface area contributed by atoms with Crippen LogP contribution in [0.4, 0.5) is 22.2 Å². The SMILES string of the molecule is CN(C)c1ccc(/C=C(/NC(=O)c2ccccc2)C(=O)Nc2cccc(SCC(=O)Nc3nc(-c4cccc([N+](=O)[O-])c4)cs3)c2)cc1. The summed E-state index contributed by atoms with van der Waals surface area (Å²) >= 11 is 2.49. The van der Waals surface area contributed by atoms with Crippen molar-refractivity contribution < 1.29 is 19.3 Å². The molecule has 0 aliphatic rings. The summed E-state index contributed by atoms with van der Waals surface area (Å²) in [6.45, 7) is 0. The Kier molecular flexibility index (Phi) is 11.0. The average Bonchev–Trinajstić information content (AvgIpc) is 3.56. The molecule has 0 fully saturated rings. The number of carbonyl (C=O) groups is 3. The van der Waals surface area contributed by atoms with Crippen LogP contribution in [-0.2, 0) is 9.59 Å². The van der Waals surface area contributed by atoms with Gasteiger partial charge in [0.2, 0.25) is 5.91 Å². The van der Waals surface area contributed by atoms with Crippen molar-refractivity contribution in [3.8, 4) is 11.3 Å². The molecule has 242 valence electrons. The number of nitro benzene ring substituents is 1. The Labute approximate surface area is 284 Å². The van der Waals surface area contributed by atoms with Crippen molar-refractivity contribution in [2.45, 2.75) is 4.90 Å². The zero-order valence-corrected chi connectivity index (χ0v) is 27.5. The van der Waals surface area contributed by atoms with Crippen molar-refractivity contribution in [3.63, 3.8) is 0 Å². The first-order valence-electron chi connectivity index (χ1n) is 14.5. The predicted octanol–water partition coefficient (Wildman–Crippen LogP) is 6.92. The summed E-state index contributed by atoms with van der Waals surface area (Å²) < 4.78 is 0. The number of non-ortho nitro benzene ring substituents is 1. The normalized spacial score (nSPS) is 11.0. The smallest absolute Gasteiger partial charge is 0.272 e. The maximum Gasteiger partial charge on any atom is 0.272 e. The Balaban J connectivity index is 1.23. The van der Waals surface area contributed by atoms with E-state index in [0.29, 0.717) is 27.6 Å². The Morgan fingerprint density at radius 3 is 2.40 bits per heavy atom. The predicted molar refractivity (Wildman–Crippen MR) is 191 cm³/mol. The van der Waals surface area contributed by atoms with Gasteiger partial charge in [0.05, 0.1) is 16.4 Å². The van der Waals surface area contributed by atoms with Gasteiger partial charge in [-0.25, -0.2) is 4.98 Å². The lowest BCUT2D eigenvalue weighted by molar-refractivity contribution is -0.384. The van der Waals surface area contributed by atoms with Crippen molar-refractivity contribution >= 4 is 69.1 Å². The molecular formula is C35H30N6O5S2. The molecule has 1 heterocycles. The van der Waals surface area contributed by atoms with Gasteiger partial charge in [0.25, 0.3) is 17.5 Å². The first-order valence-corrected chi connectivity index (χ1v) is 16.4. The van der Waals surface area contributed by atoms with Crippen LogP contribution in [-0.4, -0.2) is 47.5 Å². The minimum atomic E-state index is -0.515. The molecule has 0 aliphatic carbocycles. The summed E-state index contributed by atoms with van der Waals surface area (Å²) in [7, 11) is 3.87. The Bertz CT molecular complexity index is 1980. The first kappa shape index (κ1) is 33.6. The molecule has 0 radical (unpaired) electrons. The fourth-order valence-electron chi connectivity index (χ4n) is 4.39. The van der Waals surface area contributed by atoms with E-state index in [1.165, 1.54) is 35.2 Å². The number of rotatable bonds is 12. The van der Waals surface area contributed by atoms with E-state index >= 15 is 0 Å². The third kappa shape index (κ3) is 9.15. The number of benzene rings is 4. The fourth-order valence-corrected chi connectivity index (χ4v) is 5.88. The fraction of sp³-hybridized carbons (Fsp3) is 0.0857. The van der Waals surface area contributed by atoms with Gasteiger partial charge in [-0.2, -0.15) is 0 Å². The summed E-state index contributed by atoms with van der Waals surface area (Å²) in [6, 6.07) is 29.4. The molecule has 3 amide bonds. The summed E-state index contributed by atoms with van der Waals surface area (Å²) in [6.07, 6.45) is 1.61. The topological polar surface area (TPSA) is 147 Å². The molecule has 0 aliphatic heterocycles. The molecule has 48 heavy (non-hydrogen) atoms. The van der Waals surface area contributed by atoms with E-state index in [2.05, 4.69) is 20.9 Å². The van der Waals surface area contributed by atoms with E-state index in [0.717, 1.165) is 16.1 Å². The summed E-state index contributed by atoms with van der Waals surface area (Å²) in [5, 5.41) is 21.5. The molecule has 1 aromatic heterocycles. The molecule has 4 aromatic carbocycles. The minimum absolute atomic E-state index is 0.0417. The number of hydrogen-bond acceptors (Lipinski definition) is 9. The van der Waals surface area contributed by atoms with Gasteiger partial charge in [-0.05, 0) is 54.1 Å². The van der Waals surface area contributed by atoms with Crippen molar-refractivity contribution in [2.24, 2.45) is 0 Å². The molecule has 0 saturated carbocycles. The average molecular weight is 679 g/mol. The van der Waals surface area contributed by atoms with Gasteiger partial charge in [0, 0.05) is 59.0 Å². The summed E-state index contributed by atoms with van der Waals surface area (Å²) in [5.74, 6) is -1.15. The van der Waals surface area contributed by atoms with Gasteiger partial charge >= 0.3 is 0 Å². The van der Waals surface area contributed by atoms with Crippen LogP contribution in [0.3, 0.4) is 0 Å². The number of nitrogens with zero attached hydrogens (tertiary/aromatic N) is 3. The molecule has 3 N–H and O–H groups in total. The van der Waals surface area contributed by atoms with E-state index in [4.69, 9.17) is 0 Å². The van der Waals surface area contributed by atoms with Crippen LogP contribution in [0.15, 0.2) is 119 Å². The van der Waals surface area contributed by atoms with E-state index in [9.17, 15) is 24.5 Å². The van der Waals surface area contributed by atoms with Gasteiger partial charge in [-0.1, -0.05) is 48.5 Å². The molecule has 5 aromatic rings. The zero-order chi connectivity index (χ0) is 34.0. The molecule has 13 heteroatoms. The van der Waals surface area contributed by atoms with Crippen LogP contribution in [0.5, 0.6) is 0 Å². The van der Waals surface area contributed by atoms with Gasteiger partial charge in [0.15, 0.2) is 5.13 Å². The van der Waals surface area contributed by atoms with Crippen LogP contribution >= 0.6 is 23.1 Å². The van der Waals surface area contributed by atoms with Gasteiger partial charge in [-0.3, -0.25) is 24.5 Å².